The van der Waals surface area contributed by atoms with E-state index in [0.29, 0.717) is 16.6 Å². The van der Waals surface area contributed by atoms with Crippen molar-refractivity contribution in [2.45, 2.75) is 6.54 Å². The molecule has 2 aromatic heterocycles. The maximum absolute atomic E-state index is 6.50. The molecule has 0 aliphatic carbocycles. The molecule has 0 atom stereocenters. The average Bonchev–Trinajstić information content (AvgIpc) is 3.39. The van der Waals surface area contributed by atoms with Crippen molar-refractivity contribution in [3.63, 3.8) is 0 Å². The summed E-state index contributed by atoms with van der Waals surface area (Å²) in [6.45, 7) is 0.511. The molecule has 0 saturated carbocycles. The van der Waals surface area contributed by atoms with Crippen LogP contribution in [0.5, 0.6) is 0 Å². The Balaban J connectivity index is 1.39. The third-order valence-corrected chi connectivity index (χ3v) is 5.52. The van der Waals surface area contributed by atoms with Gasteiger partial charge in [0.15, 0.2) is 5.82 Å². The summed E-state index contributed by atoms with van der Waals surface area (Å²) in [6, 6.07) is 25.5. The van der Waals surface area contributed by atoms with E-state index < -0.39 is 0 Å². The Morgan fingerprint density at radius 3 is 2.47 bits per heavy atom. The number of benzene rings is 3. The molecular weight excluding hydrogens is 417 g/mol. The smallest absolute Gasteiger partial charge is 0.156 e. The van der Waals surface area contributed by atoms with Gasteiger partial charge in [-0.1, -0.05) is 53.5 Å². The van der Waals surface area contributed by atoms with Gasteiger partial charge >= 0.3 is 0 Å². The van der Waals surface area contributed by atoms with Crippen molar-refractivity contribution >= 4 is 39.9 Å². The van der Waals surface area contributed by atoms with Gasteiger partial charge in [0, 0.05) is 21.5 Å². The quantitative estimate of drug-likeness (QED) is 0.303. The second-order valence-corrected chi connectivity index (χ2v) is 7.79. The number of halogens is 2. The van der Waals surface area contributed by atoms with Gasteiger partial charge in [0.05, 0.1) is 17.1 Å². The number of hydrogen-bond acceptors (Lipinski definition) is 3. The monoisotopic (exact) mass is 433 g/mol. The predicted octanol–water partition coefficient (Wildman–Crippen LogP) is 7.41. The highest BCUT2D eigenvalue weighted by atomic mass is 35.5. The summed E-state index contributed by atoms with van der Waals surface area (Å²) >= 11 is 12.5. The Morgan fingerprint density at radius 2 is 1.67 bits per heavy atom. The van der Waals surface area contributed by atoms with Gasteiger partial charge in [-0.25, -0.2) is 0 Å². The lowest BCUT2D eigenvalue weighted by Crippen LogP contribution is -1.98. The van der Waals surface area contributed by atoms with Crippen molar-refractivity contribution in [2.75, 3.05) is 5.32 Å². The summed E-state index contributed by atoms with van der Waals surface area (Å²) in [6.07, 6.45) is 0. The Kier molecular flexibility index (Phi) is 4.95. The minimum absolute atomic E-state index is 0.511. The van der Waals surface area contributed by atoms with Crippen LogP contribution in [0.25, 0.3) is 33.4 Å². The Labute approximate surface area is 183 Å². The van der Waals surface area contributed by atoms with Gasteiger partial charge in [-0.3, -0.25) is 5.10 Å². The van der Waals surface area contributed by atoms with Crippen LogP contribution >= 0.6 is 23.2 Å². The molecule has 4 nitrogen and oxygen atoms in total. The molecule has 0 aliphatic heterocycles. The SMILES string of the molecule is Clc1ccc(-c2ccc(CNc3n[nH]c4cc(Cl)c(-c5ccccc5)cc34)o2)cc1. The fourth-order valence-corrected chi connectivity index (χ4v) is 3.82. The van der Waals surface area contributed by atoms with Crippen LogP contribution in [0.3, 0.4) is 0 Å². The second kappa shape index (κ2) is 7.90. The van der Waals surface area contributed by atoms with Gasteiger partial charge in [-0.15, -0.1) is 0 Å². The molecule has 0 fully saturated rings. The number of rotatable bonds is 5. The molecule has 6 heteroatoms. The van der Waals surface area contributed by atoms with Gasteiger partial charge in [0.2, 0.25) is 0 Å². The first-order valence-electron chi connectivity index (χ1n) is 9.49. The van der Waals surface area contributed by atoms with Gasteiger partial charge in [0.25, 0.3) is 0 Å². The van der Waals surface area contributed by atoms with Crippen molar-refractivity contribution in [1.82, 2.24) is 10.2 Å². The molecule has 148 valence electrons. The summed E-state index contributed by atoms with van der Waals surface area (Å²) in [5, 5.41) is 13.2. The number of H-pyrrole nitrogens is 1. The molecule has 5 aromatic rings. The minimum Gasteiger partial charge on any atom is -0.459 e. The molecule has 30 heavy (non-hydrogen) atoms. The van der Waals surface area contributed by atoms with Crippen molar-refractivity contribution in [1.29, 1.82) is 0 Å². The molecule has 0 aliphatic rings. The van der Waals surface area contributed by atoms with Crippen LogP contribution < -0.4 is 5.32 Å². The zero-order valence-corrected chi connectivity index (χ0v) is 17.3. The van der Waals surface area contributed by atoms with Gasteiger partial charge in [-0.05, 0) is 54.1 Å². The molecule has 3 aromatic carbocycles. The number of nitrogens with one attached hydrogen (secondary N) is 2. The highest BCUT2D eigenvalue weighted by Crippen LogP contribution is 2.34. The molecule has 0 bridgehead atoms. The maximum Gasteiger partial charge on any atom is 0.156 e. The van der Waals surface area contributed by atoms with Crippen molar-refractivity contribution in [3.05, 3.63) is 94.7 Å². The standard InChI is InChI=1S/C24H17Cl2N3O/c25-17-8-6-16(7-9-17)23-11-10-18(30-23)14-27-24-20-12-19(15-4-2-1-3-5-15)21(26)13-22(20)28-29-24/h1-13H,14H2,(H2,27,28,29). The largest absolute Gasteiger partial charge is 0.459 e. The van der Waals surface area contributed by atoms with Crippen LogP contribution in [0.4, 0.5) is 5.82 Å². The molecular formula is C24H17Cl2N3O. The Hall–Kier alpha value is -3.21. The third-order valence-electron chi connectivity index (χ3n) is 4.96. The summed E-state index contributed by atoms with van der Waals surface area (Å²) in [7, 11) is 0. The molecule has 0 unspecified atom stereocenters. The van der Waals surface area contributed by atoms with E-state index in [9.17, 15) is 0 Å². The van der Waals surface area contributed by atoms with E-state index in [2.05, 4.69) is 21.6 Å². The van der Waals surface area contributed by atoms with Crippen LogP contribution in [0.2, 0.25) is 10.0 Å². The number of nitrogens with zero attached hydrogens (tertiary/aromatic N) is 1. The van der Waals surface area contributed by atoms with E-state index in [1.54, 1.807) is 0 Å². The zero-order chi connectivity index (χ0) is 20.5. The average molecular weight is 434 g/mol. The number of aromatic nitrogens is 2. The first-order chi connectivity index (χ1) is 14.7. The number of fused-ring (bicyclic) bond motifs is 1. The van der Waals surface area contributed by atoms with Crippen LogP contribution in [0, 0.1) is 0 Å². The lowest BCUT2D eigenvalue weighted by Gasteiger charge is -2.06. The van der Waals surface area contributed by atoms with E-state index in [1.807, 2.05) is 72.8 Å². The summed E-state index contributed by atoms with van der Waals surface area (Å²) in [5.41, 5.74) is 3.90. The lowest BCUT2D eigenvalue weighted by molar-refractivity contribution is 0.531. The Bertz CT molecular complexity index is 1310. The normalized spacial score (nSPS) is 11.1. The first-order valence-corrected chi connectivity index (χ1v) is 10.2. The summed E-state index contributed by atoms with van der Waals surface area (Å²) in [5.74, 6) is 2.37. The van der Waals surface area contributed by atoms with E-state index in [0.717, 1.165) is 44.9 Å². The molecule has 0 amide bonds. The highest BCUT2D eigenvalue weighted by molar-refractivity contribution is 6.34. The van der Waals surface area contributed by atoms with Crippen molar-refractivity contribution < 1.29 is 4.42 Å². The van der Waals surface area contributed by atoms with E-state index in [-0.39, 0.29) is 0 Å². The number of aromatic amines is 1. The molecule has 2 N–H and O–H groups in total. The van der Waals surface area contributed by atoms with Crippen LogP contribution in [0.15, 0.2) is 83.3 Å². The summed E-state index contributed by atoms with van der Waals surface area (Å²) in [4.78, 5) is 0. The third kappa shape index (κ3) is 3.67. The maximum atomic E-state index is 6.50. The van der Waals surface area contributed by atoms with E-state index in [1.165, 1.54) is 0 Å². The first kappa shape index (κ1) is 18.8. The highest BCUT2D eigenvalue weighted by Gasteiger charge is 2.12. The predicted molar refractivity (Wildman–Crippen MR) is 123 cm³/mol. The topological polar surface area (TPSA) is 53.9 Å². The van der Waals surface area contributed by atoms with Crippen LogP contribution in [0.1, 0.15) is 5.76 Å². The molecule has 0 saturated heterocycles. The molecule has 2 heterocycles. The second-order valence-electron chi connectivity index (χ2n) is 6.94. The molecule has 0 spiro atoms. The number of hydrogen-bond donors (Lipinski definition) is 2. The van der Waals surface area contributed by atoms with Crippen LogP contribution in [-0.4, -0.2) is 10.2 Å². The Morgan fingerprint density at radius 1 is 0.867 bits per heavy atom. The number of anilines is 1. The van der Waals surface area contributed by atoms with Crippen molar-refractivity contribution in [3.8, 4) is 22.5 Å². The molecule has 5 rings (SSSR count). The minimum atomic E-state index is 0.511. The van der Waals surface area contributed by atoms with E-state index in [4.69, 9.17) is 27.6 Å². The van der Waals surface area contributed by atoms with Gasteiger partial charge < -0.3 is 9.73 Å². The van der Waals surface area contributed by atoms with E-state index >= 15 is 0 Å². The summed E-state index contributed by atoms with van der Waals surface area (Å²) < 4.78 is 5.97. The zero-order valence-electron chi connectivity index (χ0n) is 15.8. The van der Waals surface area contributed by atoms with Crippen molar-refractivity contribution in [2.24, 2.45) is 0 Å². The fraction of sp³-hybridized carbons (Fsp3) is 0.0417. The number of furan rings is 1. The van der Waals surface area contributed by atoms with Gasteiger partial charge in [-0.2, -0.15) is 5.10 Å². The molecule has 0 radical (unpaired) electrons. The fourth-order valence-electron chi connectivity index (χ4n) is 3.42. The lowest BCUT2D eigenvalue weighted by atomic mass is 10.0. The van der Waals surface area contributed by atoms with Crippen LogP contribution in [-0.2, 0) is 6.54 Å². The van der Waals surface area contributed by atoms with Gasteiger partial charge in [0.1, 0.15) is 11.5 Å².